The van der Waals surface area contributed by atoms with Crippen LogP contribution in [-0.2, 0) is 0 Å². The predicted molar refractivity (Wildman–Crippen MR) is 64.7 cm³/mol. The Hall–Kier alpha value is -2.30. The third-order valence-electron chi connectivity index (χ3n) is 2.32. The molecule has 0 aliphatic heterocycles. The molecule has 0 bridgehead atoms. The molecule has 0 aliphatic rings. The summed E-state index contributed by atoms with van der Waals surface area (Å²) < 4.78 is 10.2. The van der Waals surface area contributed by atoms with E-state index in [1.165, 1.54) is 6.07 Å². The van der Waals surface area contributed by atoms with E-state index in [0.29, 0.717) is 12.3 Å². The topological polar surface area (TPSA) is 72.6 Å². The lowest BCUT2D eigenvalue weighted by atomic mass is 10.1. The van der Waals surface area contributed by atoms with Crippen LogP contribution < -0.4 is 4.74 Å². The number of carboxylic acid groups (broad SMARTS) is 1. The summed E-state index contributed by atoms with van der Waals surface area (Å²) in [4.78, 5) is 10.7. The summed E-state index contributed by atoms with van der Waals surface area (Å²) in [6, 6.07) is 8.69. The summed E-state index contributed by atoms with van der Waals surface area (Å²) in [5.41, 5.74) is 1.24. The second kappa shape index (κ2) is 5.35. The monoisotopic (exact) mass is 247 g/mol. The number of carboxylic acids is 1. The Balaban J connectivity index is 2.23. The van der Waals surface area contributed by atoms with Crippen molar-refractivity contribution in [1.29, 1.82) is 0 Å². The van der Waals surface area contributed by atoms with E-state index in [2.05, 4.69) is 5.16 Å². The maximum atomic E-state index is 10.7. The van der Waals surface area contributed by atoms with Gasteiger partial charge in [0.05, 0.1) is 6.61 Å². The van der Waals surface area contributed by atoms with Gasteiger partial charge < -0.3 is 14.4 Å². The van der Waals surface area contributed by atoms with Crippen LogP contribution in [0.3, 0.4) is 0 Å². The molecule has 0 radical (unpaired) electrons. The molecule has 0 saturated carbocycles. The fourth-order valence-corrected chi connectivity index (χ4v) is 1.48. The summed E-state index contributed by atoms with van der Waals surface area (Å²) in [5.74, 6) is -0.578. The van der Waals surface area contributed by atoms with Gasteiger partial charge in [0.1, 0.15) is 11.4 Å². The molecule has 5 heteroatoms. The minimum atomic E-state index is -1.13. The van der Waals surface area contributed by atoms with Crippen molar-refractivity contribution in [3.63, 3.8) is 0 Å². The Kier molecular flexibility index (Phi) is 3.62. The van der Waals surface area contributed by atoms with Crippen molar-refractivity contribution in [3.8, 4) is 17.0 Å². The molecule has 0 unspecified atom stereocenters. The van der Waals surface area contributed by atoms with Crippen LogP contribution in [0.4, 0.5) is 0 Å². The van der Waals surface area contributed by atoms with Crippen molar-refractivity contribution in [2.24, 2.45) is 0 Å². The van der Waals surface area contributed by atoms with Gasteiger partial charge >= 0.3 is 5.97 Å². The van der Waals surface area contributed by atoms with Gasteiger partial charge in [-0.15, -0.1) is 0 Å². The van der Waals surface area contributed by atoms with E-state index in [0.717, 1.165) is 17.7 Å². The second-order valence-corrected chi connectivity index (χ2v) is 3.76. The van der Waals surface area contributed by atoms with Crippen molar-refractivity contribution in [2.45, 2.75) is 13.3 Å². The van der Waals surface area contributed by atoms with E-state index in [9.17, 15) is 4.79 Å². The van der Waals surface area contributed by atoms with Crippen LogP contribution >= 0.6 is 0 Å². The highest BCUT2D eigenvalue weighted by atomic mass is 16.5. The zero-order chi connectivity index (χ0) is 13.0. The Morgan fingerprint density at radius 2 is 2.28 bits per heavy atom. The Bertz CT molecular complexity index is 547. The molecule has 2 rings (SSSR count). The van der Waals surface area contributed by atoms with Crippen molar-refractivity contribution in [3.05, 3.63) is 36.1 Å². The molecular formula is C13H13NO4. The number of carbonyl (C=O) groups is 1. The number of benzene rings is 1. The zero-order valence-corrected chi connectivity index (χ0v) is 9.92. The van der Waals surface area contributed by atoms with Crippen LogP contribution in [0.1, 0.15) is 23.9 Å². The van der Waals surface area contributed by atoms with E-state index in [-0.39, 0.29) is 5.76 Å². The molecule has 2 aromatic rings. The van der Waals surface area contributed by atoms with E-state index < -0.39 is 5.97 Å². The molecule has 1 heterocycles. The molecule has 94 valence electrons. The number of aromatic carboxylic acids is 1. The van der Waals surface area contributed by atoms with Crippen molar-refractivity contribution >= 4 is 5.97 Å². The first kappa shape index (κ1) is 12.2. The van der Waals surface area contributed by atoms with Gasteiger partial charge in [0.25, 0.3) is 0 Å². The largest absolute Gasteiger partial charge is 0.494 e. The van der Waals surface area contributed by atoms with Gasteiger partial charge in [-0.1, -0.05) is 24.2 Å². The lowest BCUT2D eigenvalue weighted by molar-refractivity contribution is 0.0652. The van der Waals surface area contributed by atoms with Crippen LogP contribution in [0.2, 0.25) is 0 Å². The molecule has 5 nitrogen and oxygen atoms in total. The van der Waals surface area contributed by atoms with Gasteiger partial charge in [0.15, 0.2) is 0 Å². The summed E-state index contributed by atoms with van der Waals surface area (Å²) in [6.45, 7) is 2.67. The molecular weight excluding hydrogens is 234 g/mol. The fourth-order valence-electron chi connectivity index (χ4n) is 1.48. The molecule has 18 heavy (non-hydrogen) atoms. The van der Waals surface area contributed by atoms with Crippen LogP contribution in [-0.4, -0.2) is 22.8 Å². The fraction of sp³-hybridized carbons (Fsp3) is 0.231. The lowest BCUT2D eigenvalue weighted by Gasteiger charge is -2.04. The number of nitrogens with zero attached hydrogens (tertiary/aromatic N) is 1. The SMILES string of the molecule is CCCOc1cccc(-c2cc(C(=O)O)on2)c1. The van der Waals surface area contributed by atoms with Gasteiger partial charge in [-0.25, -0.2) is 4.79 Å². The minimum Gasteiger partial charge on any atom is -0.494 e. The highest BCUT2D eigenvalue weighted by Gasteiger charge is 2.12. The number of aromatic nitrogens is 1. The first-order valence-corrected chi connectivity index (χ1v) is 5.64. The molecule has 1 aromatic heterocycles. The van der Waals surface area contributed by atoms with Gasteiger partial charge in [0, 0.05) is 11.6 Å². The number of hydrogen-bond acceptors (Lipinski definition) is 4. The molecule has 0 spiro atoms. The normalized spacial score (nSPS) is 10.3. The molecule has 0 amide bonds. The highest BCUT2D eigenvalue weighted by Crippen LogP contribution is 2.23. The Labute approximate surface area is 104 Å². The number of ether oxygens (including phenoxy) is 1. The van der Waals surface area contributed by atoms with Crippen molar-refractivity contribution < 1.29 is 19.2 Å². The lowest BCUT2D eigenvalue weighted by Crippen LogP contribution is -1.94. The van der Waals surface area contributed by atoms with Crippen LogP contribution in [0.25, 0.3) is 11.3 Å². The van der Waals surface area contributed by atoms with Crippen LogP contribution in [0, 0.1) is 0 Å². The van der Waals surface area contributed by atoms with Gasteiger partial charge in [0.2, 0.25) is 5.76 Å². The molecule has 0 aliphatic carbocycles. The standard InChI is InChI=1S/C13H13NO4/c1-2-6-17-10-5-3-4-9(7-10)11-8-12(13(15)16)18-14-11/h3-5,7-8H,2,6H2,1H3,(H,15,16). The maximum Gasteiger partial charge on any atom is 0.374 e. The zero-order valence-electron chi connectivity index (χ0n) is 9.92. The first-order valence-electron chi connectivity index (χ1n) is 5.64. The van der Waals surface area contributed by atoms with Gasteiger partial charge in [-0.2, -0.15) is 0 Å². The summed E-state index contributed by atoms with van der Waals surface area (Å²) in [7, 11) is 0. The number of hydrogen-bond donors (Lipinski definition) is 1. The van der Waals surface area contributed by atoms with Gasteiger partial charge in [-0.3, -0.25) is 0 Å². The van der Waals surface area contributed by atoms with E-state index in [1.807, 2.05) is 25.1 Å². The average Bonchev–Trinajstić information content (AvgIpc) is 2.86. The van der Waals surface area contributed by atoms with Crippen molar-refractivity contribution in [2.75, 3.05) is 6.61 Å². The Morgan fingerprint density at radius 3 is 2.94 bits per heavy atom. The molecule has 0 atom stereocenters. The van der Waals surface area contributed by atoms with E-state index >= 15 is 0 Å². The van der Waals surface area contributed by atoms with Crippen molar-refractivity contribution in [1.82, 2.24) is 5.16 Å². The van der Waals surface area contributed by atoms with E-state index in [1.54, 1.807) is 6.07 Å². The molecule has 0 fully saturated rings. The first-order chi connectivity index (χ1) is 8.70. The average molecular weight is 247 g/mol. The van der Waals surface area contributed by atoms with E-state index in [4.69, 9.17) is 14.4 Å². The molecule has 1 N–H and O–H groups in total. The Morgan fingerprint density at radius 1 is 1.44 bits per heavy atom. The third-order valence-corrected chi connectivity index (χ3v) is 2.32. The maximum absolute atomic E-state index is 10.7. The minimum absolute atomic E-state index is 0.176. The summed E-state index contributed by atoms with van der Waals surface area (Å²) in [6.07, 6.45) is 0.928. The second-order valence-electron chi connectivity index (χ2n) is 3.76. The number of rotatable bonds is 5. The summed E-state index contributed by atoms with van der Waals surface area (Å²) >= 11 is 0. The quantitative estimate of drug-likeness (QED) is 0.879. The smallest absolute Gasteiger partial charge is 0.374 e. The summed E-state index contributed by atoms with van der Waals surface area (Å²) in [5, 5.41) is 12.5. The molecule has 1 aromatic carbocycles. The molecule has 0 saturated heterocycles. The van der Waals surface area contributed by atoms with Crippen LogP contribution in [0.15, 0.2) is 34.9 Å². The highest BCUT2D eigenvalue weighted by molar-refractivity contribution is 5.85. The predicted octanol–water partition coefficient (Wildman–Crippen LogP) is 2.83. The van der Waals surface area contributed by atoms with Crippen LogP contribution in [0.5, 0.6) is 5.75 Å². The van der Waals surface area contributed by atoms with Gasteiger partial charge in [-0.05, 0) is 18.6 Å². The third kappa shape index (κ3) is 2.68.